The Balaban J connectivity index is 2.37. The monoisotopic (exact) mass is 333 g/mol. The lowest BCUT2D eigenvalue weighted by Gasteiger charge is -2.28. The standard InChI is InChI=1S/C16H19N3O5/c1-10-4-5-19-12(6-10)17-8-11(15(19)23)14(22)18-16(2,9-24-3)7-13(20)21/h4-6,8H,7,9H2,1-3H3,(H,18,22)(H,20,21). The van der Waals surface area contributed by atoms with Gasteiger partial charge in [0, 0.05) is 19.5 Å². The maximum absolute atomic E-state index is 12.5. The van der Waals surface area contributed by atoms with Crippen molar-refractivity contribution in [2.24, 2.45) is 0 Å². The minimum absolute atomic E-state index is 0.00736. The highest BCUT2D eigenvalue weighted by Crippen LogP contribution is 2.11. The number of rotatable bonds is 6. The number of methoxy groups -OCH3 is 1. The molecule has 0 saturated heterocycles. The van der Waals surface area contributed by atoms with Gasteiger partial charge in [-0.1, -0.05) is 0 Å². The van der Waals surface area contributed by atoms with Crippen LogP contribution in [0, 0.1) is 6.92 Å². The number of fused-ring (bicyclic) bond motifs is 1. The summed E-state index contributed by atoms with van der Waals surface area (Å²) in [6.45, 7) is 3.40. The SMILES string of the molecule is COCC(C)(CC(=O)O)NC(=O)c1cnc2cc(C)ccn2c1=O. The highest BCUT2D eigenvalue weighted by molar-refractivity contribution is 5.94. The van der Waals surface area contributed by atoms with E-state index in [2.05, 4.69) is 10.3 Å². The Labute approximate surface area is 138 Å². The van der Waals surface area contributed by atoms with Gasteiger partial charge in [-0.15, -0.1) is 0 Å². The fraction of sp³-hybridized carbons (Fsp3) is 0.375. The molecule has 1 atom stereocenters. The Hall–Kier alpha value is -2.74. The van der Waals surface area contributed by atoms with Crippen LogP contribution >= 0.6 is 0 Å². The van der Waals surface area contributed by atoms with Crippen molar-refractivity contribution in [3.05, 3.63) is 46.0 Å². The average molecular weight is 333 g/mol. The van der Waals surface area contributed by atoms with Crippen molar-refractivity contribution in [2.45, 2.75) is 25.8 Å². The number of aromatic nitrogens is 2. The van der Waals surface area contributed by atoms with Gasteiger partial charge in [0.15, 0.2) is 0 Å². The topological polar surface area (TPSA) is 110 Å². The fourth-order valence-electron chi connectivity index (χ4n) is 2.46. The fourth-order valence-corrected chi connectivity index (χ4v) is 2.46. The van der Waals surface area contributed by atoms with Gasteiger partial charge < -0.3 is 15.2 Å². The van der Waals surface area contributed by atoms with Crippen molar-refractivity contribution in [3.63, 3.8) is 0 Å². The van der Waals surface area contributed by atoms with Gasteiger partial charge in [0.05, 0.1) is 18.6 Å². The first-order valence-corrected chi connectivity index (χ1v) is 7.27. The van der Waals surface area contributed by atoms with Crippen LogP contribution in [0.2, 0.25) is 0 Å². The first kappa shape index (κ1) is 17.6. The number of carboxylic acids is 1. The molecule has 0 aliphatic rings. The summed E-state index contributed by atoms with van der Waals surface area (Å²) >= 11 is 0. The van der Waals surface area contributed by atoms with Crippen LogP contribution in [0.1, 0.15) is 29.3 Å². The molecule has 1 unspecified atom stereocenters. The van der Waals surface area contributed by atoms with Gasteiger partial charge in [0.1, 0.15) is 11.2 Å². The minimum atomic E-state index is -1.14. The lowest BCUT2D eigenvalue weighted by Crippen LogP contribution is -2.51. The largest absolute Gasteiger partial charge is 0.481 e. The van der Waals surface area contributed by atoms with Crippen molar-refractivity contribution in [3.8, 4) is 0 Å². The molecule has 1 amide bonds. The van der Waals surface area contributed by atoms with E-state index in [4.69, 9.17) is 9.84 Å². The predicted octanol–water partition coefficient (Wildman–Crippen LogP) is 0.613. The first-order chi connectivity index (χ1) is 11.3. The summed E-state index contributed by atoms with van der Waals surface area (Å²) in [6.07, 6.45) is 2.40. The Morgan fingerprint density at radius 3 is 2.79 bits per heavy atom. The van der Waals surface area contributed by atoms with Crippen LogP contribution in [0.15, 0.2) is 29.3 Å². The Kier molecular flexibility index (Phi) is 4.99. The van der Waals surface area contributed by atoms with Gasteiger partial charge in [-0.05, 0) is 31.5 Å². The van der Waals surface area contributed by atoms with E-state index < -0.39 is 23.0 Å². The zero-order chi connectivity index (χ0) is 17.9. The number of carbonyl (C=O) groups is 2. The number of pyridine rings is 1. The Morgan fingerprint density at radius 2 is 2.17 bits per heavy atom. The third-order valence-corrected chi connectivity index (χ3v) is 3.53. The van der Waals surface area contributed by atoms with E-state index in [1.165, 1.54) is 24.6 Å². The number of aryl methyl sites for hydroxylation is 1. The number of carboxylic acid groups (broad SMARTS) is 1. The number of hydrogen-bond donors (Lipinski definition) is 2. The van der Waals surface area contributed by atoms with Gasteiger partial charge in [0.2, 0.25) is 0 Å². The minimum Gasteiger partial charge on any atom is -0.481 e. The zero-order valence-corrected chi connectivity index (χ0v) is 13.7. The van der Waals surface area contributed by atoms with E-state index >= 15 is 0 Å². The molecule has 0 aliphatic heterocycles. The molecule has 24 heavy (non-hydrogen) atoms. The third kappa shape index (κ3) is 3.77. The highest BCUT2D eigenvalue weighted by atomic mass is 16.5. The molecule has 128 valence electrons. The second-order valence-electron chi connectivity index (χ2n) is 5.93. The van der Waals surface area contributed by atoms with Crippen molar-refractivity contribution in [1.29, 1.82) is 0 Å². The first-order valence-electron chi connectivity index (χ1n) is 7.27. The van der Waals surface area contributed by atoms with E-state index in [1.807, 2.05) is 6.92 Å². The van der Waals surface area contributed by atoms with E-state index in [-0.39, 0.29) is 18.6 Å². The molecule has 2 aromatic heterocycles. The summed E-state index contributed by atoms with van der Waals surface area (Å²) in [4.78, 5) is 40.0. The molecule has 0 radical (unpaired) electrons. The maximum Gasteiger partial charge on any atom is 0.305 e. The molecule has 0 aliphatic carbocycles. The van der Waals surface area contributed by atoms with Crippen LogP contribution in [0.3, 0.4) is 0 Å². The smallest absolute Gasteiger partial charge is 0.305 e. The van der Waals surface area contributed by atoms with Crippen LogP contribution in [0.5, 0.6) is 0 Å². The average Bonchev–Trinajstić information content (AvgIpc) is 2.46. The number of nitrogens with zero attached hydrogens (tertiary/aromatic N) is 2. The molecule has 8 nitrogen and oxygen atoms in total. The number of ether oxygens (including phenoxy) is 1. The summed E-state index contributed by atoms with van der Waals surface area (Å²) in [7, 11) is 1.40. The van der Waals surface area contributed by atoms with Gasteiger partial charge in [0.25, 0.3) is 11.5 Å². The zero-order valence-electron chi connectivity index (χ0n) is 13.7. The van der Waals surface area contributed by atoms with Crippen LogP contribution in [-0.2, 0) is 9.53 Å². The van der Waals surface area contributed by atoms with E-state index in [1.54, 1.807) is 18.3 Å². The lowest BCUT2D eigenvalue weighted by atomic mass is 9.98. The summed E-state index contributed by atoms with van der Waals surface area (Å²) in [6, 6.07) is 3.46. The number of nitrogens with one attached hydrogen (secondary N) is 1. The van der Waals surface area contributed by atoms with Gasteiger partial charge in [-0.3, -0.25) is 18.8 Å². The maximum atomic E-state index is 12.5. The third-order valence-electron chi connectivity index (χ3n) is 3.53. The molecular weight excluding hydrogens is 314 g/mol. The quantitative estimate of drug-likeness (QED) is 0.801. The number of aliphatic carboxylic acids is 1. The Bertz CT molecular complexity index is 845. The lowest BCUT2D eigenvalue weighted by molar-refractivity contribution is -0.139. The molecule has 2 rings (SSSR count). The van der Waals surface area contributed by atoms with E-state index in [0.717, 1.165) is 5.56 Å². The Morgan fingerprint density at radius 1 is 1.46 bits per heavy atom. The predicted molar refractivity (Wildman–Crippen MR) is 86.2 cm³/mol. The van der Waals surface area contributed by atoms with Crippen molar-refractivity contribution >= 4 is 17.5 Å². The summed E-state index contributed by atoms with van der Waals surface area (Å²) in [5.74, 6) is -1.78. The van der Waals surface area contributed by atoms with Crippen LogP contribution in [0.4, 0.5) is 0 Å². The summed E-state index contributed by atoms with van der Waals surface area (Å²) in [5, 5.41) is 11.6. The normalized spacial score (nSPS) is 13.5. The number of amides is 1. The summed E-state index contributed by atoms with van der Waals surface area (Å²) in [5.41, 5.74) is -0.455. The second-order valence-corrected chi connectivity index (χ2v) is 5.93. The summed E-state index contributed by atoms with van der Waals surface area (Å²) < 4.78 is 6.25. The molecule has 8 heteroatoms. The molecule has 0 bridgehead atoms. The van der Waals surface area contributed by atoms with Crippen LogP contribution < -0.4 is 10.9 Å². The van der Waals surface area contributed by atoms with E-state index in [0.29, 0.717) is 5.65 Å². The van der Waals surface area contributed by atoms with Crippen LogP contribution in [-0.4, -0.2) is 45.6 Å². The van der Waals surface area contributed by atoms with Gasteiger partial charge in [-0.25, -0.2) is 4.98 Å². The van der Waals surface area contributed by atoms with Crippen molar-refractivity contribution in [1.82, 2.24) is 14.7 Å². The van der Waals surface area contributed by atoms with Crippen molar-refractivity contribution in [2.75, 3.05) is 13.7 Å². The number of carbonyl (C=O) groups excluding carboxylic acids is 1. The van der Waals surface area contributed by atoms with Gasteiger partial charge in [-0.2, -0.15) is 0 Å². The molecule has 0 spiro atoms. The molecule has 2 aromatic rings. The highest BCUT2D eigenvalue weighted by Gasteiger charge is 2.31. The van der Waals surface area contributed by atoms with Crippen LogP contribution in [0.25, 0.3) is 5.65 Å². The molecule has 0 aromatic carbocycles. The molecular formula is C16H19N3O5. The molecule has 0 fully saturated rings. The molecule has 0 saturated carbocycles. The van der Waals surface area contributed by atoms with E-state index in [9.17, 15) is 14.4 Å². The van der Waals surface area contributed by atoms with Crippen molar-refractivity contribution < 1.29 is 19.4 Å². The number of hydrogen-bond acceptors (Lipinski definition) is 5. The molecule has 2 N–H and O–H groups in total. The second kappa shape index (κ2) is 6.79. The van der Waals surface area contributed by atoms with Gasteiger partial charge >= 0.3 is 5.97 Å². The molecule has 2 heterocycles.